The summed E-state index contributed by atoms with van der Waals surface area (Å²) in [6.45, 7) is 0.462. The largest absolute Gasteiger partial charge is 0.331 e. The van der Waals surface area contributed by atoms with Gasteiger partial charge < -0.3 is 10.6 Å². The summed E-state index contributed by atoms with van der Waals surface area (Å²) in [5.74, 6) is -0.279. The lowest BCUT2D eigenvalue weighted by atomic mass is 10.3. The highest BCUT2D eigenvalue weighted by molar-refractivity contribution is 5.93. The predicted molar refractivity (Wildman–Crippen MR) is 45.5 cm³/mol. The average molecular weight is 173 g/mol. The summed E-state index contributed by atoms with van der Waals surface area (Å²) in [7, 11) is 3.15. The van der Waals surface area contributed by atoms with Gasteiger partial charge in [0.2, 0.25) is 5.91 Å². The number of imide groups is 1. The number of rotatable bonds is 3. The fourth-order valence-corrected chi connectivity index (χ4v) is 0.556. The Bertz CT molecular complexity index is 168. The molecule has 0 spiro atoms. The van der Waals surface area contributed by atoms with Crippen LogP contribution in [-0.4, -0.2) is 37.5 Å². The standard InChI is InChI=1S/C7H15N3O2/c1-10(2)7(12)9-6(11)4-3-5-8/h3-5,8H2,1-2H3,(H,9,11,12). The summed E-state index contributed by atoms with van der Waals surface area (Å²) in [4.78, 5) is 23.1. The molecule has 0 aromatic carbocycles. The molecule has 0 radical (unpaired) electrons. The molecule has 70 valence electrons. The molecule has 0 fully saturated rings. The van der Waals surface area contributed by atoms with E-state index >= 15 is 0 Å². The molecule has 5 nitrogen and oxygen atoms in total. The van der Waals surface area contributed by atoms with Crippen LogP contribution in [0.3, 0.4) is 0 Å². The van der Waals surface area contributed by atoms with Crippen molar-refractivity contribution in [3.63, 3.8) is 0 Å². The number of urea groups is 1. The highest BCUT2D eigenvalue weighted by Crippen LogP contribution is 1.86. The Morgan fingerprint density at radius 2 is 2.00 bits per heavy atom. The molecule has 0 aliphatic rings. The number of carbonyl (C=O) groups is 2. The molecular weight excluding hydrogens is 158 g/mol. The third kappa shape index (κ3) is 4.68. The predicted octanol–water partition coefficient (Wildman–Crippen LogP) is -0.477. The van der Waals surface area contributed by atoms with Gasteiger partial charge in [0.15, 0.2) is 0 Å². The van der Waals surface area contributed by atoms with Crippen LogP contribution in [0.1, 0.15) is 12.8 Å². The van der Waals surface area contributed by atoms with Crippen LogP contribution >= 0.6 is 0 Å². The Morgan fingerprint density at radius 1 is 1.42 bits per heavy atom. The van der Waals surface area contributed by atoms with E-state index < -0.39 is 6.03 Å². The second-order valence-corrected chi connectivity index (χ2v) is 2.64. The van der Waals surface area contributed by atoms with Crippen molar-refractivity contribution in [2.45, 2.75) is 12.8 Å². The number of nitrogens with zero attached hydrogens (tertiary/aromatic N) is 1. The van der Waals surface area contributed by atoms with E-state index in [9.17, 15) is 9.59 Å². The molecule has 3 amide bonds. The van der Waals surface area contributed by atoms with Crippen LogP contribution in [0.2, 0.25) is 0 Å². The summed E-state index contributed by atoms with van der Waals surface area (Å²) in [6.07, 6.45) is 0.905. The first kappa shape index (κ1) is 10.9. The van der Waals surface area contributed by atoms with E-state index in [2.05, 4.69) is 5.32 Å². The van der Waals surface area contributed by atoms with Crippen molar-refractivity contribution in [3.8, 4) is 0 Å². The molecule has 0 heterocycles. The molecular formula is C7H15N3O2. The van der Waals surface area contributed by atoms with Gasteiger partial charge in [0.05, 0.1) is 0 Å². The normalized spacial score (nSPS) is 9.25. The minimum Gasteiger partial charge on any atom is -0.331 e. The third-order valence-corrected chi connectivity index (χ3v) is 1.26. The molecule has 0 aromatic rings. The minimum atomic E-state index is -0.392. The SMILES string of the molecule is CN(C)C(=O)NC(=O)CCCN. The highest BCUT2D eigenvalue weighted by atomic mass is 16.2. The number of amides is 3. The fourth-order valence-electron chi connectivity index (χ4n) is 0.556. The van der Waals surface area contributed by atoms with Gasteiger partial charge in [0.25, 0.3) is 0 Å². The van der Waals surface area contributed by atoms with Crippen molar-refractivity contribution in [1.29, 1.82) is 0 Å². The molecule has 0 saturated carbocycles. The molecule has 0 aliphatic carbocycles. The summed E-state index contributed by atoms with van der Waals surface area (Å²) in [5.41, 5.74) is 5.19. The zero-order valence-electron chi connectivity index (χ0n) is 7.46. The first-order valence-electron chi connectivity index (χ1n) is 3.79. The smallest absolute Gasteiger partial charge is 0.323 e. The Morgan fingerprint density at radius 3 is 2.42 bits per heavy atom. The van der Waals surface area contributed by atoms with E-state index in [1.807, 2.05) is 0 Å². The lowest BCUT2D eigenvalue weighted by Crippen LogP contribution is -2.38. The second-order valence-electron chi connectivity index (χ2n) is 2.64. The average Bonchev–Trinajstić information content (AvgIpc) is 2.00. The van der Waals surface area contributed by atoms with Crippen molar-refractivity contribution in [2.75, 3.05) is 20.6 Å². The van der Waals surface area contributed by atoms with Gasteiger partial charge in [-0.1, -0.05) is 0 Å². The van der Waals surface area contributed by atoms with Gasteiger partial charge in [-0.05, 0) is 13.0 Å². The second kappa shape index (κ2) is 5.54. The number of hydrogen-bond donors (Lipinski definition) is 2. The molecule has 0 aromatic heterocycles. The zero-order chi connectivity index (χ0) is 9.56. The molecule has 0 aliphatic heterocycles. The lowest BCUT2D eigenvalue weighted by Gasteiger charge is -2.10. The van der Waals surface area contributed by atoms with Crippen molar-refractivity contribution >= 4 is 11.9 Å². The van der Waals surface area contributed by atoms with Crippen LogP contribution in [0, 0.1) is 0 Å². The van der Waals surface area contributed by atoms with Crippen molar-refractivity contribution < 1.29 is 9.59 Å². The van der Waals surface area contributed by atoms with E-state index in [0.717, 1.165) is 0 Å². The first-order valence-corrected chi connectivity index (χ1v) is 3.79. The van der Waals surface area contributed by atoms with Gasteiger partial charge in [-0.25, -0.2) is 4.79 Å². The Hall–Kier alpha value is -1.10. The van der Waals surface area contributed by atoms with Crippen molar-refractivity contribution in [1.82, 2.24) is 10.2 Å². The van der Waals surface area contributed by atoms with Gasteiger partial charge in [-0.2, -0.15) is 0 Å². The van der Waals surface area contributed by atoms with Gasteiger partial charge in [-0.15, -0.1) is 0 Å². The van der Waals surface area contributed by atoms with E-state index in [1.54, 1.807) is 14.1 Å². The Balaban J connectivity index is 3.62. The van der Waals surface area contributed by atoms with Crippen LogP contribution in [0.25, 0.3) is 0 Å². The quantitative estimate of drug-likeness (QED) is 0.605. The zero-order valence-corrected chi connectivity index (χ0v) is 7.46. The first-order chi connectivity index (χ1) is 5.57. The number of nitrogens with one attached hydrogen (secondary N) is 1. The summed E-state index contributed by atoms with van der Waals surface area (Å²) in [6, 6.07) is -0.392. The van der Waals surface area contributed by atoms with Crippen molar-refractivity contribution in [3.05, 3.63) is 0 Å². The minimum absolute atomic E-state index is 0.279. The topological polar surface area (TPSA) is 75.4 Å². The molecule has 5 heteroatoms. The van der Waals surface area contributed by atoms with Gasteiger partial charge in [-0.3, -0.25) is 10.1 Å². The Labute approximate surface area is 71.9 Å². The third-order valence-electron chi connectivity index (χ3n) is 1.26. The van der Waals surface area contributed by atoms with Crippen LogP contribution in [-0.2, 0) is 4.79 Å². The number of carbonyl (C=O) groups excluding carboxylic acids is 2. The van der Waals surface area contributed by atoms with Crippen molar-refractivity contribution in [2.24, 2.45) is 5.73 Å². The molecule has 12 heavy (non-hydrogen) atoms. The maximum Gasteiger partial charge on any atom is 0.323 e. The van der Waals surface area contributed by atoms with E-state index in [4.69, 9.17) is 5.73 Å². The molecule has 0 rings (SSSR count). The van der Waals surface area contributed by atoms with E-state index in [0.29, 0.717) is 19.4 Å². The molecule has 0 bridgehead atoms. The number of nitrogens with two attached hydrogens (primary N) is 1. The van der Waals surface area contributed by atoms with E-state index in [1.165, 1.54) is 4.90 Å². The Kier molecular flexibility index (Phi) is 5.03. The molecule has 3 N–H and O–H groups in total. The maximum absolute atomic E-state index is 10.9. The van der Waals surface area contributed by atoms with Gasteiger partial charge in [0.1, 0.15) is 0 Å². The molecule has 0 unspecified atom stereocenters. The van der Waals surface area contributed by atoms with Crippen LogP contribution < -0.4 is 11.1 Å². The highest BCUT2D eigenvalue weighted by Gasteiger charge is 2.07. The fraction of sp³-hybridized carbons (Fsp3) is 0.714. The van der Waals surface area contributed by atoms with Gasteiger partial charge >= 0.3 is 6.03 Å². The summed E-state index contributed by atoms with van der Waals surface area (Å²) >= 11 is 0. The monoisotopic (exact) mass is 173 g/mol. The van der Waals surface area contributed by atoms with Crippen LogP contribution in [0.4, 0.5) is 4.79 Å². The summed E-state index contributed by atoms with van der Waals surface area (Å²) < 4.78 is 0. The van der Waals surface area contributed by atoms with Gasteiger partial charge in [0, 0.05) is 20.5 Å². The molecule has 0 atom stereocenters. The summed E-state index contributed by atoms with van der Waals surface area (Å²) in [5, 5.41) is 2.21. The maximum atomic E-state index is 10.9. The lowest BCUT2D eigenvalue weighted by molar-refractivity contribution is -0.120. The van der Waals surface area contributed by atoms with Crippen LogP contribution in [0.15, 0.2) is 0 Å². The van der Waals surface area contributed by atoms with Crippen LogP contribution in [0.5, 0.6) is 0 Å². The molecule has 0 saturated heterocycles. The van der Waals surface area contributed by atoms with E-state index in [-0.39, 0.29) is 5.91 Å². The number of hydrogen-bond acceptors (Lipinski definition) is 3.